The molecule has 1 saturated heterocycles. The van der Waals surface area contributed by atoms with Crippen LogP contribution in [0.1, 0.15) is 18.4 Å². The van der Waals surface area contributed by atoms with Crippen LogP contribution >= 0.6 is 0 Å². The van der Waals surface area contributed by atoms with Crippen molar-refractivity contribution in [3.8, 4) is 5.75 Å². The molecule has 2 aliphatic rings. The molecule has 2 heterocycles. The number of aliphatic imine (C=N–C) groups is 1. The van der Waals surface area contributed by atoms with Crippen LogP contribution in [0, 0.1) is 12.8 Å². The van der Waals surface area contributed by atoms with Crippen molar-refractivity contribution in [2.24, 2.45) is 10.9 Å². The predicted molar refractivity (Wildman–Crippen MR) is 90.4 cm³/mol. The van der Waals surface area contributed by atoms with Gasteiger partial charge in [-0.1, -0.05) is 12.1 Å². The van der Waals surface area contributed by atoms with Crippen LogP contribution in [0.2, 0.25) is 0 Å². The molecule has 1 N–H and O–H groups in total. The molecule has 1 fully saturated rings. The van der Waals surface area contributed by atoms with Gasteiger partial charge in [0.1, 0.15) is 5.75 Å². The quantitative estimate of drug-likeness (QED) is 0.908. The Morgan fingerprint density at radius 2 is 2.18 bits per heavy atom. The number of rotatable bonds is 5. The normalized spacial score (nSPS) is 19.6. The molecule has 0 aliphatic carbocycles. The predicted octanol–water partition coefficient (Wildman–Crippen LogP) is 2.60. The van der Waals surface area contributed by atoms with Gasteiger partial charge in [0.2, 0.25) is 0 Å². The van der Waals surface area contributed by atoms with Gasteiger partial charge in [-0.3, -0.25) is 9.89 Å². The molecule has 0 atom stereocenters. The van der Waals surface area contributed by atoms with Crippen molar-refractivity contribution in [3.05, 3.63) is 42.2 Å². The SMILES string of the molecule is Cc1cccc(OCC2CCN(CC3=NC=CNC3)CC2)c1. The van der Waals surface area contributed by atoms with Gasteiger partial charge in [-0.05, 0) is 56.5 Å². The highest BCUT2D eigenvalue weighted by molar-refractivity contribution is 5.89. The number of nitrogens with one attached hydrogen (secondary N) is 1. The number of ether oxygens (including phenoxy) is 1. The molecule has 3 rings (SSSR count). The molecule has 1 aromatic carbocycles. The van der Waals surface area contributed by atoms with Crippen molar-refractivity contribution in [3.63, 3.8) is 0 Å². The highest BCUT2D eigenvalue weighted by Gasteiger charge is 2.20. The minimum atomic E-state index is 0.670. The summed E-state index contributed by atoms with van der Waals surface area (Å²) in [6, 6.07) is 8.31. The first-order valence-electron chi connectivity index (χ1n) is 8.15. The van der Waals surface area contributed by atoms with Gasteiger partial charge in [-0.2, -0.15) is 0 Å². The summed E-state index contributed by atoms with van der Waals surface area (Å²) in [7, 11) is 0. The van der Waals surface area contributed by atoms with Gasteiger partial charge in [0.25, 0.3) is 0 Å². The zero-order valence-electron chi connectivity index (χ0n) is 13.3. The second-order valence-electron chi connectivity index (χ2n) is 6.24. The molecule has 0 saturated carbocycles. The summed E-state index contributed by atoms with van der Waals surface area (Å²) in [5.41, 5.74) is 2.49. The van der Waals surface area contributed by atoms with Gasteiger partial charge in [-0.25, -0.2) is 0 Å². The third-order valence-corrected chi connectivity index (χ3v) is 4.34. The maximum atomic E-state index is 5.95. The van der Waals surface area contributed by atoms with Crippen LogP contribution < -0.4 is 10.1 Å². The molecule has 22 heavy (non-hydrogen) atoms. The number of likely N-dealkylation sites (tertiary alicyclic amines) is 1. The van der Waals surface area contributed by atoms with Gasteiger partial charge < -0.3 is 10.1 Å². The highest BCUT2D eigenvalue weighted by Crippen LogP contribution is 2.20. The van der Waals surface area contributed by atoms with E-state index in [1.807, 2.05) is 18.5 Å². The molecule has 0 spiro atoms. The van der Waals surface area contributed by atoms with E-state index in [9.17, 15) is 0 Å². The number of hydrogen-bond donors (Lipinski definition) is 1. The second-order valence-corrected chi connectivity index (χ2v) is 6.24. The fourth-order valence-electron chi connectivity index (χ4n) is 3.00. The Hall–Kier alpha value is -1.81. The molecule has 4 heteroatoms. The van der Waals surface area contributed by atoms with Gasteiger partial charge >= 0.3 is 0 Å². The monoisotopic (exact) mass is 299 g/mol. The number of hydrogen-bond acceptors (Lipinski definition) is 4. The Labute approximate surface area is 132 Å². The number of piperidine rings is 1. The maximum Gasteiger partial charge on any atom is 0.119 e. The van der Waals surface area contributed by atoms with E-state index in [0.29, 0.717) is 5.92 Å². The zero-order chi connectivity index (χ0) is 15.2. The average Bonchev–Trinajstić information content (AvgIpc) is 2.55. The lowest BCUT2D eigenvalue weighted by Crippen LogP contribution is -2.40. The topological polar surface area (TPSA) is 36.9 Å². The molecule has 0 unspecified atom stereocenters. The first-order valence-corrected chi connectivity index (χ1v) is 8.15. The highest BCUT2D eigenvalue weighted by atomic mass is 16.5. The van der Waals surface area contributed by atoms with Crippen molar-refractivity contribution in [2.75, 3.05) is 32.8 Å². The summed E-state index contributed by atoms with van der Waals surface area (Å²) < 4.78 is 5.95. The lowest BCUT2D eigenvalue weighted by atomic mass is 9.97. The van der Waals surface area contributed by atoms with E-state index < -0.39 is 0 Å². The van der Waals surface area contributed by atoms with E-state index in [2.05, 4.69) is 40.3 Å². The van der Waals surface area contributed by atoms with E-state index in [-0.39, 0.29) is 0 Å². The third-order valence-electron chi connectivity index (χ3n) is 4.34. The molecular weight excluding hydrogens is 274 g/mol. The summed E-state index contributed by atoms with van der Waals surface area (Å²) in [6.45, 7) is 7.09. The first kappa shape index (κ1) is 15.1. The van der Waals surface area contributed by atoms with E-state index in [4.69, 9.17) is 4.74 Å². The Bertz CT molecular complexity index is 545. The van der Waals surface area contributed by atoms with Crippen LogP contribution in [0.25, 0.3) is 0 Å². The van der Waals surface area contributed by atoms with Gasteiger partial charge in [-0.15, -0.1) is 0 Å². The molecule has 0 aromatic heterocycles. The van der Waals surface area contributed by atoms with Crippen molar-refractivity contribution < 1.29 is 4.74 Å². The molecule has 1 aromatic rings. The molecule has 2 aliphatic heterocycles. The fourth-order valence-corrected chi connectivity index (χ4v) is 3.00. The van der Waals surface area contributed by atoms with Crippen LogP contribution in [0.15, 0.2) is 41.7 Å². The van der Waals surface area contributed by atoms with Crippen molar-refractivity contribution in [1.82, 2.24) is 10.2 Å². The largest absolute Gasteiger partial charge is 0.493 e. The smallest absolute Gasteiger partial charge is 0.119 e. The van der Waals surface area contributed by atoms with Gasteiger partial charge in [0, 0.05) is 18.9 Å². The third kappa shape index (κ3) is 4.34. The zero-order valence-corrected chi connectivity index (χ0v) is 13.3. The number of aryl methyl sites for hydroxylation is 1. The number of benzene rings is 1. The van der Waals surface area contributed by atoms with Gasteiger partial charge in [0.05, 0.1) is 18.9 Å². The maximum absolute atomic E-state index is 5.95. The van der Waals surface area contributed by atoms with E-state index in [0.717, 1.165) is 38.5 Å². The molecule has 0 radical (unpaired) electrons. The summed E-state index contributed by atoms with van der Waals surface area (Å²) in [6.07, 6.45) is 6.17. The molecule has 0 amide bonds. The fraction of sp³-hybridized carbons (Fsp3) is 0.500. The van der Waals surface area contributed by atoms with Crippen LogP contribution in [-0.2, 0) is 0 Å². The van der Waals surface area contributed by atoms with E-state index in [1.165, 1.54) is 24.1 Å². The lowest BCUT2D eigenvalue weighted by Gasteiger charge is -2.32. The van der Waals surface area contributed by atoms with E-state index >= 15 is 0 Å². The van der Waals surface area contributed by atoms with Crippen LogP contribution in [-0.4, -0.2) is 43.4 Å². The molecule has 4 nitrogen and oxygen atoms in total. The first-order chi connectivity index (χ1) is 10.8. The Balaban J connectivity index is 1.40. The molecule has 118 valence electrons. The average molecular weight is 299 g/mol. The van der Waals surface area contributed by atoms with Crippen molar-refractivity contribution >= 4 is 5.71 Å². The molecular formula is C18H25N3O. The minimum absolute atomic E-state index is 0.670. The summed E-state index contributed by atoms with van der Waals surface area (Å²) in [5, 5.41) is 3.22. The molecule has 0 bridgehead atoms. The minimum Gasteiger partial charge on any atom is -0.493 e. The van der Waals surface area contributed by atoms with Crippen LogP contribution in [0.3, 0.4) is 0 Å². The van der Waals surface area contributed by atoms with Crippen LogP contribution in [0.4, 0.5) is 0 Å². The van der Waals surface area contributed by atoms with Crippen LogP contribution in [0.5, 0.6) is 5.75 Å². The van der Waals surface area contributed by atoms with Crippen molar-refractivity contribution in [2.45, 2.75) is 19.8 Å². The summed E-state index contributed by atoms with van der Waals surface area (Å²) in [4.78, 5) is 6.94. The second kappa shape index (κ2) is 7.45. The Kier molecular flexibility index (Phi) is 5.11. The Morgan fingerprint density at radius 1 is 1.32 bits per heavy atom. The van der Waals surface area contributed by atoms with Gasteiger partial charge in [0.15, 0.2) is 0 Å². The van der Waals surface area contributed by atoms with E-state index in [1.54, 1.807) is 0 Å². The lowest BCUT2D eigenvalue weighted by molar-refractivity contribution is 0.153. The number of nitrogens with zero attached hydrogens (tertiary/aromatic N) is 2. The Morgan fingerprint density at radius 3 is 2.91 bits per heavy atom. The summed E-state index contributed by atoms with van der Waals surface area (Å²) >= 11 is 0. The van der Waals surface area contributed by atoms with Crippen molar-refractivity contribution in [1.29, 1.82) is 0 Å². The summed E-state index contributed by atoms with van der Waals surface area (Å²) in [5.74, 6) is 1.67. The standard InChI is InChI=1S/C18H25N3O/c1-15-3-2-4-18(11-15)22-14-16-5-9-21(10-6-16)13-17-12-19-7-8-20-17/h2-4,7-8,11,16,19H,5-6,9-10,12-14H2,1H3.